The van der Waals surface area contributed by atoms with Crippen LogP contribution in [0.15, 0.2) is 83.8 Å². The van der Waals surface area contributed by atoms with Crippen molar-refractivity contribution in [1.82, 2.24) is 10.2 Å². The van der Waals surface area contributed by atoms with Gasteiger partial charge in [0.2, 0.25) is 11.8 Å². The lowest BCUT2D eigenvalue weighted by Gasteiger charge is -2.34. The Labute approximate surface area is 251 Å². The second-order valence-corrected chi connectivity index (χ2v) is 13.1. The zero-order valence-electron chi connectivity index (χ0n) is 25.0. The largest absolute Gasteiger partial charge is 0.352 e. The Morgan fingerprint density at radius 3 is 2.07 bits per heavy atom. The fourth-order valence-electron chi connectivity index (χ4n) is 5.78. The lowest BCUT2D eigenvalue weighted by atomic mass is 9.95. The number of nitrogens with one attached hydrogen (secondary N) is 1. The summed E-state index contributed by atoms with van der Waals surface area (Å²) in [6, 6.07) is 22.9. The molecule has 1 aliphatic carbocycles. The fraction of sp³-hybridized carbons (Fsp3) is 0.412. The van der Waals surface area contributed by atoms with Crippen molar-refractivity contribution in [2.24, 2.45) is 0 Å². The van der Waals surface area contributed by atoms with Crippen LogP contribution < -0.4 is 9.62 Å². The maximum absolute atomic E-state index is 14.2. The van der Waals surface area contributed by atoms with Crippen molar-refractivity contribution in [3.63, 3.8) is 0 Å². The molecule has 0 saturated heterocycles. The molecule has 1 atom stereocenters. The van der Waals surface area contributed by atoms with Crippen molar-refractivity contribution in [2.75, 3.05) is 17.4 Å². The summed E-state index contributed by atoms with van der Waals surface area (Å²) >= 11 is 0. The SMILES string of the molecule is CC[C@H](C(=O)NC1CCCCC1)N(CCc1ccccc1)C(=O)CN(c1cc(C)cc(C)c1)S(=O)(=O)c1ccccc1. The first-order chi connectivity index (χ1) is 20.2. The van der Waals surface area contributed by atoms with Gasteiger partial charge >= 0.3 is 0 Å². The van der Waals surface area contributed by atoms with Crippen LogP contribution in [-0.4, -0.2) is 50.3 Å². The Morgan fingerprint density at radius 1 is 0.881 bits per heavy atom. The zero-order chi connectivity index (χ0) is 30.1. The minimum atomic E-state index is -4.07. The van der Waals surface area contributed by atoms with Crippen LogP contribution in [-0.2, 0) is 26.0 Å². The highest BCUT2D eigenvalue weighted by Crippen LogP contribution is 2.27. The van der Waals surface area contributed by atoms with Gasteiger partial charge in [0.1, 0.15) is 12.6 Å². The van der Waals surface area contributed by atoms with E-state index in [2.05, 4.69) is 5.32 Å². The molecule has 1 N–H and O–H groups in total. The predicted molar refractivity (Wildman–Crippen MR) is 168 cm³/mol. The number of amides is 2. The number of hydrogen-bond acceptors (Lipinski definition) is 4. The van der Waals surface area contributed by atoms with Crippen molar-refractivity contribution in [2.45, 2.75) is 82.7 Å². The minimum absolute atomic E-state index is 0.106. The fourth-order valence-corrected chi connectivity index (χ4v) is 7.20. The van der Waals surface area contributed by atoms with Gasteiger partial charge in [-0.3, -0.25) is 13.9 Å². The molecular formula is C34H43N3O4S. The van der Waals surface area contributed by atoms with Crippen LogP contribution in [0.5, 0.6) is 0 Å². The standard InChI is InChI=1S/C34H43N3O4S/c1-4-32(34(39)35-29-16-10-6-11-17-29)36(21-20-28-14-8-5-9-15-28)33(38)25-37(30-23-26(2)22-27(3)24-30)42(40,41)31-18-12-7-13-19-31/h5,7-9,12-15,18-19,22-24,29,32H,4,6,10-11,16-17,20-21,25H2,1-3H3,(H,35,39)/t32-/m1/s1. The highest BCUT2D eigenvalue weighted by molar-refractivity contribution is 7.92. The average molecular weight is 590 g/mol. The van der Waals surface area contributed by atoms with Gasteiger partial charge in [-0.05, 0) is 80.5 Å². The molecule has 4 rings (SSSR count). The van der Waals surface area contributed by atoms with Crippen molar-refractivity contribution in [1.29, 1.82) is 0 Å². The third-order valence-electron chi connectivity index (χ3n) is 7.93. The van der Waals surface area contributed by atoms with Crippen LogP contribution in [0.2, 0.25) is 0 Å². The van der Waals surface area contributed by atoms with Crippen molar-refractivity contribution in [3.05, 3.63) is 95.6 Å². The second kappa shape index (κ2) is 14.5. The number of hydrogen-bond donors (Lipinski definition) is 1. The van der Waals surface area contributed by atoms with Crippen LogP contribution in [0.1, 0.15) is 62.1 Å². The van der Waals surface area contributed by atoms with Crippen LogP contribution in [0.25, 0.3) is 0 Å². The molecule has 0 heterocycles. The minimum Gasteiger partial charge on any atom is -0.352 e. The molecule has 0 spiro atoms. The lowest BCUT2D eigenvalue weighted by Crippen LogP contribution is -2.54. The summed E-state index contributed by atoms with van der Waals surface area (Å²) in [4.78, 5) is 29.6. The summed E-state index contributed by atoms with van der Waals surface area (Å²) in [5.41, 5.74) is 3.25. The molecule has 0 radical (unpaired) electrons. The van der Waals surface area contributed by atoms with Crippen molar-refractivity contribution in [3.8, 4) is 0 Å². The Hall–Kier alpha value is -3.65. The molecule has 0 unspecified atom stereocenters. The number of aryl methyl sites for hydroxylation is 2. The highest BCUT2D eigenvalue weighted by atomic mass is 32.2. The van der Waals surface area contributed by atoms with E-state index < -0.39 is 28.5 Å². The van der Waals surface area contributed by atoms with Crippen LogP contribution >= 0.6 is 0 Å². The van der Waals surface area contributed by atoms with Crippen LogP contribution in [0.3, 0.4) is 0 Å². The highest BCUT2D eigenvalue weighted by Gasteiger charge is 2.34. The predicted octanol–water partition coefficient (Wildman–Crippen LogP) is 5.80. The number of carbonyl (C=O) groups is 2. The van der Waals surface area contributed by atoms with E-state index in [1.807, 2.05) is 57.2 Å². The van der Waals surface area contributed by atoms with Crippen molar-refractivity contribution < 1.29 is 18.0 Å². The van der Waals surface area contributed by atoms with Gasteiger partial charge in [0.05, 0.1) is 10.6 Å². The Morgan fingerprint density at radius 2 is 1.48 bits per heavy atom. The second-order valence-electron chi connectivity index (χ2n) is 11.3. The molecule has 3 aromatic rings. The maximum atomic E-state index is 14.2. The normalized spacial score (nSPS) is 14.6. The van der Waals surface area contributed by atoms with Gasteiger partial charge < -0.3 is 10.2 Å². The molecule has 8 heteroatoms. The Kier molecular flexibility index (Phi) is 10.8. The molecule has 42 heavy (non-hydrogen) atoms. The smallest absolute Gasteiger partial charge is 0.264 e. The molecule has 1 aliphatic rings. The average Bonchev–Trinajstić information content (AvgIpc) is 2.98. The molecule has 224 valence electrons. The van der Waals surface area contributed by atoms with Gasteiger partial charge in [-0.2, -0.15) is 0 Å². The molecular weight excluding hydrogens is 546 g/mol. The van der Waals surface area contributed by atoms with E-state index in [1.54, 1.807) is 35.2 Å². The summed E-state index contributed by atoms with van der Waals surface area (Å²) in [5, 5.41) is 3.19. The molecule has 2 amide bonds. The summed E-state index contributed by atoms with van der Waals surface area (Å²) in [5.74, 6) is -0.579. The van der Waals surface area contributed by atoms with Crippen LogP contribution in [0.4, 0.5) is 5.69 Å². The first kappa shape index (κ1) is 31.3. The first-order valence-electron chi connectivity index (χ1n) is 15.0. The molecule has 7 nitrogen and oxygen atoms in total. The summed E-state index contributed by atoms with van der Waals surface area (Å²) in [7, 11) is -4.07. The van der Waals surface area contributed by atoms with Gasteiger partial charge in [0.25, 0.3) is 10.0 Å². The quantitative estimate of drug-likeness (QED) is 0.289. The van der Waals surface area contributed by atoms with E-state index in [0.717, 1.165) is 42.4 Å². The Bertz CT molecular complexity index is 1420. The van der Waals surface area contributed by atoms with E-state index in [-0.39, 0.29) is 16.8 Å². The number of sulfonamides is 1. The number of rotatable bonds is 12. The van der Waals surface area contributed by atoms with Gasteiger partial charge in [0, 0.05) is 12.6 Å². The monoisotopic (exact) mass is 589 g/mol. The molecule has 1 saturated carbocycles. The first-order valence-corrected chi connectivity index (χ1v) is 16.4. The van der Waals surface area contributed by atoms with E-state index in [9.17, 15) is 18.0 Å². The van der Waals surface area contributed by atoms with E-state index in [0.29, 0.717) is 25.1 Å². The molecule has 0 bridgehead atoms. The summed E-state index contributed by atoms with van der Waals surface area (Å²) in [6.07, 6.45) is 6.20. The van der Waals surface area contributed by atoms with Gasteiger partial charge in [-0.25, -0.2) is 8.42 Å². The summed E-state index contributed by atoms with van der Waals surface area (Å²) in [6.45, 7) is 5.59. The topological polar surface area (TPSA) is 86.8 Å². The third-order valence-corrected chi connectivity index (χ3v) is 9.71. The van der Waals surface area contributed by atoms with Gasteiger partial charge in [-0.1, -0.05) is 80.8 Å². The number of anilines is 1. The number of nitrogens with zero attached hydrogens (tertiary/aromatic N) is 2. The van der Waals surface area contributed by atoms with E-state index >= 15 is 0 Å². The van der Waals surface area contributed by atoms with Gasteiger partial charge in [0.15, 0.2) is 0 Å². The van der Waals surface area contributed by atoms with E-state index in [4.69, 9.17) is 0 Å². The van der Waals surface area contributed by atoms with Gasteiger partial charge in [-0.15, -0.1) is 0 Å². The van der Waals surface area contributed by atoms with Crippen LogP contribution in [0, 0.1) is 13.8 Å². The van der Waals surface area contributed by atoms with E-state index in [1.165, 1.54) is 22.9 Å². The molecule has 0 aliphatic heterocycles. The Balaban J connectivity index is 1.68. The molecule has 3 aromatic carbocycles. The molecule has 0 aromatic heterocycles. The number of carbonyl (C=O) groups excluding carboxylic acids is 2. The lowest BCUT2D eigenvalue weighted by molar-refractivity contribution is -0.140. The zero-order valence-corrected chi connectivity index (χ0v) is 25.8. The van der Waals surface area contributed by atoms with Crippen molar-refractivity contribution >= 4 is 27.5 Å². The third kappa shape index (κ3) is 8.00. The number of benzene rings is 3. The summed E-state index contributed by atoms with van der Waals surface area (Å²) < 4.78 is 29.2. The molecule has 1 fully saturated rings. The maximum Gasteiger partial charge on any atom is 0.264 e.